The van der Waals surface area contributed by atoms with E-state index < -0.39 is 0 Å². The molecular weight excluding hydrogens is 366 g/mol. The summed E-state index contributed by atoms with van der Waals surface area (Å²) < 4.78 is 1.01. The smallest absolute Gasteiger partial charge is 0.321 e. The average Bonchev–Trinajstić information content (AvgIpc) is 2.63. The fourth-order valence-corrected chi connectivity index (χ4v) is 3.11. The van der Waals surface area contributed by atoms with E-state index in [0.717, 1.165) is 49.3 Å². The Bertz CT molecular complexity index is 652. The van der Waals surface area contributed by atoms with Gasteiger partial charge in [0.1, 0.15) is 0 Å². The van der Waals surface area contributed by atoms with E-state index in [-0.39, 0.29) is 6.03 Å². The molecule has 2 amide bonds. The van der Waals surface area contributed by atoms with Gasteiger partial charge in [0.05, 0.1) is 0 Å². The molecule has 0 saturated carbocycles. The van der Waals surface area contributed by atoms with Gasteiger partial charge in [0.15, 0.2) is 0 Å². The summed E-state index contributed by atoms with van der Waals surface area (Å²) in [6, 6.07) is 18.2. The maximum absolute atomic E-state index is 12.3. The summed E-state index contributed by atoms with van der Waals surface area (Å²) in [6.45, 7) is 4.46. The first-order valence-corrected chi connectivity index (χ1v) is 9.08. The van der Waals surface area contributed by atoms with E-state index in [0.29, 0.717) is 0 Å². The number of rotatable bonds is 4. The van der Waals surface area contributed by atoms with Gasteiger partial charge in [0.2, 0.25) is 0 Å². The third-order valence-electron chi connectivity index (χ3n) is 4.31. The summed E-state index contributed by atoms with van der Waals surface area (Å²) in [5, 5.41) is 2.96. The molecule has 1 fully saturated rings. The maximum Gasteiger partial charge on any atom is 0.321 e. The first kappa shape index (κ1) is 17.0. The molecule has 1 saturated heterocycles. The van der Waals surface area contributed by atoms with Crippen LogP contribution in [0, 0.1) is 0 Å². The van der Waals surface area contributed by atoms with Gasteiger partial charge >= 0.3 is 6.03 Å². The molecule has 4 nitrogen and oxygen atoms in total. The van der Waals surface area contributed by atoms with Crippen LogP contribution >= 0.6 is 15.9 Å². The van der Waals surface area contributed by atoms with Gasteiger partial charge in [-0.05, 0) is 36.2 Å². The van der Waals surface area contributed by atoms with Crippen LogP contribution in [0.25, 0.3) is 0 Å². The SMILES string of the molecule is O=C(Nc1ccc(Br)cc1)N1CCN(CCc2ccccc2)CC1. The zero-order valence-corrected chi connectivity index (χ0v) is 15.2. The van der Waals surface area contributed by atoms with Crippen molar-refractivity contribution in [1.29, 1.82) is 0 Å². The molecule has 0 aromatic heterocycles. The zero-order valence-electron chi connectivity index (χ0n) is 13.6. The Kier molecular flexibility index (Phi) is 5.88. The lowest BCUT2D eigenvalue weighted by atomic mass is 10.1. The summed E-state index contributed by atoms with van der Waals surface area (Å²) in [5.41, 5.74) is 2.20. The van der Waals surface area contributed by atoms with Gasteiger partial charge in [-0.1, -0.05) is 46.3 Å². The number of benzene rings is 2. The zero-order chi connectivity index (χ0) is 16.8. The summed E-state index contributed by atoms with van der Waals surface area (Å²) in [5.74, 6) is 0. The lowest BCUT2D eigenvalue weighted by molar-refractivity contribution is 0.148. The number of carbonyl (C=O) groups excluding carboxylic acids is 1. The van der Waals surface area contributed by atoms with E-state index in [1.165, 1.54) is 5.56 Å². The Morgan fingerprint density at radius 2 is 1.62 bits per heavy atom. The minimum Gasteiger partial charge on any atom is -0.322 e. The highest BCUT2D eigenvalue weighted by atomic mass is 79.9. The highest BCUT2D eigenvalue weighted by molar-refractivity contribution is 9.10. The Labute approximate surface area is 151 Å². The van der Waals surface area contributed by atoms with E-state index in [4.69, 9.17) is 0 Å². The summed E-state index contributed by atoms with van der Waals surface area (Å²) in [4.78, 5) is 16.6. The summed E-state index contributed by atoms with van der Waals surface area (Å²) >= 11 is 3.40. The van der Waals surface area contributed by atoms with Crippen molar-refractivity contribution in [2.45, 2.75) is 6.42 Å². The standard InChI is InChI=1S/C19H22BrN3O/c20-17-6-8-18(9-7-17)21-19(24)23-14-12-22(13-15-23)11-10-16-4-2-1-3-5-16/h1-9H,10-15H2,(H,21,24). The highest BCUT2D eigenvalue weighted by Gasteiger charge is 2.20. The molecule has 0 bridgehead atoms. The van der Waals surface area contributed by atoms with Crippen LogP contribution in [0.15, 0.2) is 59.1 Å². The Balaban J connectivity index is 1.42. The van der Waals surface area contributed by atoms with Crippen molar-refractivity contribution in [2.24, 2.45) is 0 Å². The normalized spacial score (nSPS) is 15.3. The second-order valence-electron chi connectivity index (χ2n) is 6.00. The number of hydrogen-bond donors (Lipinski definition) is 1. The second kappa shape index (κ2) is 8.31. The van der Waals surface area contributed by atoms with E-state index in [9.17, 15) is 4.79 Å². The van der Waals surface area contributed by atoms with Crippen molar-refractivity contribution in [2.75, 3.05) is 38.0 Å². The molecule has 2 aromatic carbocycles. The Morgan fingerprint density at radius 3 is 2.29 bits per heavy atom. The lowest BCUT2D eigenvalue weighted by Crippen LogP contribution is -2.50. The van der Waals surface area contributed by atoms with Crippen LogP contribution in [-0.4, -0.2) is 48.6 Å². The second-order valence-corrected chi connectivity index (χ2v) is 6.92. The Hall–Kier alpha value is -1.85. The largest absolute Gasteiger partial charge is 0.322 e. The summed E-state index contributed by atoms with van der Waals surface area (Å²) in [7, 11) is 0. The molecule has 0 unspecified atom stereocenters. The molecule has 0 aliphatic carbocycles. The van der Waals surface area contributed by atoms with Crippen LogP contribution in [0.1, 0.15) is 5.56 Å². The maximum atomic E-state index is 12.3. The van der Waals surface area contributed by atoms with Crippen LogP contribution in [0.3, 0.4) is 0 Å². The number of amides is 2. The van der Waals surface area contributed by atoms with Gasteiger partial charge < -0.3 is 10.2 Å². The molecule has 0 atom stereocenters. The number of hydrogen-bond acceptors (Lipinski definition) is 2. The number of urea groups is 1. The molecule has 1 heterocycles. The first-order chi connectivity index (χ1) is 11.7. The minimum absolute atomic E-state index is 0.0139. The van der Waals surface area contributed by atoms with Crippen molar-refractivity contribution in [3.8, 4) is 0 Å². The van der Waals surface area contributed by atoms with Gasteiger partial charge in [0, 0.05) is 42.9 Å². The monoisotopic (exact) mass is 387 g/mol. The lowest BCUT2D eigenvalue weighted by Gasteiger charge is -2.34. The number of nitrogens with one attached hydrogen (secondary N) is 1. The molecule has 0 radical (unpaired) electrons. The molecule has 5 heteroatoms. The van der Waals surface area contributed by atoms with E-state index >= 15 is 0 Å². The molecular formula is C19H22BrN3O. The number of carbonyl (C=O) groups is 1. The topological polar surface area (TPSA) is 35.6 Å². The van der Waals surface area contributed by atoms with Gasteiger partial charge in [-0.3, -0.25) is 4.90 Å². The van der Waals surface area contributed by atoms with Crippen LogP contribution in [0.2, 0.25) is 0 Å². The number of halogens is 1. The van der Waals surface area contributed by atoms with E-state index in [1.807, 2.05) is 35.2 Å². The Morgan fingerprint density at radius 1 is 0.958 bits per heavy atom. The van der Waals surface area contributed by atoms with Gasteiger partial charge in [-0.15, -0.1) is 0 Å². The quantitative estimate of drug-likeness (QED) is 0.864. The minimum atomic E-state index is -0.0139. The molecule has 1 N–H and O–H groups in total. The molecule has 24 heavy (non-hydrogen) atoms. The molecule has 126 valence electrons. The fourth-order valence-electron chi connectivity index (χ4n) is 2.84. The van der Waals surface area contributed by atoms with Crippen molar-refractivity contribution in [3.05, 3.63) is 64.6 Å². The highest BCUT2D eigenvalue weighted by Crippen LogP contribution is 2.15. The van der Waals surface area contributed by atoms with E-state index in [1.54, 1.807) is 0 Å². The first-order valence-electron chi connectivity index (χ1n) is 8.28. The predicted octanol–water partition coefficient (Wildman–Crippen LogP) is 3.84. The van der Waals surface area contributed by atoms with Crippen LogP contribution in [-0.2, 0) is 6.42 Å². The number of nitrogens with zero attached hydrogens (tertiary/aromatic N) is 2. The third-order valence-corrected chi connectivity index (χ3v) is 4.84. The fraction of sp³-hybridized carbons (Fsp3) is 0.316. The van der Waals surface area contributed by atoms with Gasteiger partial charge in [0.25, 0.3) is 0 Å². The summed E-state index contributed by atoms with van der Waals surface area (Å²) in [6.07, 6.45) is 1.06. The predicted molar refractivity (Wildman–Crippen MR) is 101 cm³/mol. The van der Waals surface area contributed by atoms with Crippen LogP contribution in [0.4, 0.5) is 10.5 Å². The molecule has 0 spiro atoms. The van der Waals surface area contributed by atoms with Crippen LogP contribution in [0.5, 0.6) is 0 Å². The van der Waals surface area contributed by atoms with E-state index in [2.05, 4.69) is 50.4 Å². The molecule has 1 aliphatic rings. The average molecular weight is 388 g/mol. The van der Waals surface area contributed by atoms with Crippen molar-refractivity contribution >= 4 is 27.6 Å². The van der Waals surface area contributed by atoms with Crippen molar-refractivity contribution < 1.29 is 4.79 Å². The van der Waals surface area contributed by atoms with Crippen molar-refractivity contribution in [1.82, 2.24) is 9.80 Å². The third kappa shape index (κ3) is 4.82. The molecule has 3 rings (SSSR count). The van der Waals surface area contributed by atoms with Crippen molar-refractivity contribution in [3.63, 3.8) is 0 Å². The van der Waals surface area contributed by atoms with Gasteiger partial charge in [-0.2, -0.15) is 0 Å². The van der Waals surface area contributed by atoms with Gasteiger partial charge in [-0.25, -0.2) is 4.79 Å². The number of anilines is 1. The molecule has 2 aromatic rings. The van der Waals surface area contributed by atoms with Crippen LogP contribution < -0.4 is 5.32 Å². The number of piperazine rings is 1. The molecule has 1 aliphatic heterocycles.